The summed E-state index contributed by atoms with van der Waals surface area (Å²) in [6, 6.07) is 5.22. The number of phenols is 3. The summed E-state index contributed by atoms with van der Waals surface area (Å²) in [7, 11) is 2.90. The van der Waals surface area contributed by atoms with Crippen LogP contribution in [0.5, 0.6) is 34.5 Å². The molecule has 0 radical (unpaired) electrons. The number of aromatic hydroxyl groups is 3. The summed E-state index contributed by atoms with van der Waals surface area (Å²) >= 11 is 0. The number of phenolic OH excluding ortho intramolecular Hbond substituents is 3. The van der Waals surface area contributed by atoms with Gasteiger partial charge in [-0.05, 0) is 6.07 Å². The van der Waals surface area contributed by atoms with E-state index in [4.69, 9.17) is 14.2 Å². The summed E-state index contributed by atoms with van der Waals surface area (Å²) in [5, 5.41) is 29.6. The van der Waals surface area contributed by atoms with Gasteiger partial charge in [0.25, 0.3) is 0 Å². The van der Waals surface area contributed by atoms with Crippen LogP contribution in [0.15, 0.2) is 24.3 Å². The van der Waals surface area contributed by atoms with Gasteiger partial charge in [0.05, 0.1) is 20.6 Å². The Labute approximate surface area is 137 Å². The van der Waals surface area contributed by atoms with E-state index in [1.807, 2.05) is 0 Å². The molecule has 3 N–H and O–H groups in total. The summed E-state index contributed by atoms with van der Waals surface area (Å²) in [6.07, 6.45) is -0.861. The number of ether oxygens (including phenoxy) is 3. The van der Waals surface area contributed by atoms with Gasteiger partial charge in [-0.3, -0.25) is 4.79 Å². The number of benzene rings is 2. The van der Waals surface area contributed by atoms with E-state index in [-0.39, 0.29) is 40.8 Å². The Morgan fingerprint density at radius 1 is 1.00 bits per heavy atom. The summed E-state index contributed by atoms with van der Waals surface area (Å²) in [6.45, 7) is 0. The van der Waals surface area contributed by atoms with Crippen molar-refractivity contribution in [3.63, 3.8) is 0 Å². The molecule has 0 spiro atoms. The molecule has 24 heavy (non-hydrogen) atoms. The van der Waals surface area contributed by atoms with Crippen LogP contribution >= 0.6 is 0 Å². The first-order chi connectivity index (χ1) is 11.4. The lowest BCUT2D eigenvalue weighted by Gasteiger charge is -2.27. The van der Waals surface area contributed by atoms with E-state index >= 15 is 0 Å². The largest absolute Gasteiger partial charge is 0.508 e. The third-order valence-electron chi connectivity index (χ3n) is 3.86. The van der Waals surface area contributed by atoms with Gasteiger partial charge in [0, 0.05) is 23.8 Å². The minimum absolute atomic E-state index is 0.0176. The Bertz CT molecular complexity index is 813. The third kappa shape index (κ3) is 2.54. The number of carbonyl (C=O) groups excluding carboxylic acids is 1. The molecule has 2 aromatic carbocycles. The molecular weight excluding hydrogens is 316 g/mol. The maximum absolute atomic E-state index is 12.3. The van der Waals surface area contributed by atoms with E-state index in [0.29, 0.717) is 17.1 Å². The Morgan fingerprint density at radius 2 is 1.67 bits per heavy atom. The molecule has 0 bridgehead atoms. The van der Waals surface area contributed by atoms with Crippen molar-refractivity contribution >= 4 is 5.78 Å². The highest BCUT2D eigenvalue weighted by molar-refractivity contribution is 6.02. The molecule has 1 heterocycles. The Morgan fingerprint density at radius 3 is 2.33 bits per heavy atom. The van der Waals surface area contributed by atoms with Crippen LogP contribution in [0.1, 0.15) is 28.4 Å². The molecule has 1 unspecified atom stereocenters. The van der Waals surface area contributed by atoms with E-state index in [1.165, 1.54) is 32.4 Å². The number of ketones is 1. The lowest BCUT2D eigenvalue weighted by atomic mass is 9.94. The van der Waals surface area contributed by atoms with Crippen LogP contribution in [0.4, 0.5) is 0 Å². The lowest BCUT2D eigenvalue weighted by molar-refractivity contribution is 0.0841. The van der Waals surface area contributed by atoms with Crippen molar-refractivity contribution in [3.8, 4) is 34.5 Å². The second-order valence-electron chi connectivity index (χ2n) is 5.34. The van der Waals surface area contributed by atoms with Crippen molar-refractivity contribution in [2.24, 2.45) is 0 Å². The van der Waals surface area contributed by atoms with E-state index in [0.717, 1.165) is 6.07 Å². The van der Waals surface area contributed by atoms with Crippen LogP contribution < -0.4 is 14.2 Å². The zero-order valence-corrected chi connectivity index (χ0v) is 13.1. The lowest BCUT2D eigenvalue weighted by Crippen LogP contribution is -2.20. The molecule has 0 aromatic heterocycles. The molecule has 1 aliphatic heterocycles. The first kappa shape index (κ1) is 15.8. The first-order valence-electron chi connectivity index (χ1n) is 7.15. The van der Waals surface area contributed by atoms with Crippen molar-refractivity contribution in [2.45, 2.75) is 12.5 Å². The Kier molecular flexibility index (Phi) is 3.84. The maximum atomic E-state index is 12.3. The van der Waals surface area contributed by atoms with Crippen LogP contribution in [0.3, 0.4) is 0 Å². The molecule has 1 atom stereocenters. The van der Waals surface area contributed by atoms with Crippen molar-refractivity contribution in [1.29, 1.82) is 0 Å². The molecule has 2 aromatic rings. The second-order valence-corrected chi connectivity index (χ2v) is 5.34. The van der Waals surface area contributed by atoms with Crippen LogP contribution in [0.2, 0.25) is 0 Å². The molecule has 126 valence electrons. The average molecular weight is 332 g/mol. The monoisotopic (exact) mass is 332 g/mol. The maximum Gasteiger partial charge on any atom is 0.174 e. The van der Waals surface area contributed by atoms with Gasteiger partial charge in [-0.2, -0.15) is 0 Å². The number of hydrogen-bond donors (Lipinski definition) is 3. The number of carbonyl (C=O) groups is 1. The zero-order chi connectivity index (χ0) is 17.4. The number of methoxy groups -OCH3 is 2. The summed E-state index contributed by atoms with van der Waals surface area (Å²) in [5.41, 5.74) is 0.360. The second kappa shape index (κ2) is 5.84. The van der Waals surface area contributed by atoms with Gasteiger partial charge in [0.2, 0.25) is 0 Å². The van der Waals surface area contributed by atoms with E-state index < -0.39 is 6.10 Å². The highest BCUT2D eigenvalue weighted by Gasteiger charge is 2.32. The summed E-state index contributed by atoms with van der Waals surface area (Å²) < 4.78 is 16.0. The molecule has 1 aliphatic rings. The van der Waals surface area contributed by atoms with Crippen molar-refractivity contribution in [1.82, 2.24) is 0 Å². The number of fused-ring (bicyclic) bond motifs is 1. The van der Waals surface area contributed by atoms with Gasteiger partial charge in [-0.15, -0.1) is 0 Å². The molecule has 0 fully saturated rings. The molecule has 7 heteroatoms. The average Bonchev–Trinajstić information content (AvgIpc) is 2.53. The first-order valence-corrected chi connectivity index (χ1v) is 7.15. The summed E-state index contributed by atoms with van der Waals surface area (Å²) in [5.74, 6) is -0.252. The topological polar surface area (TPSA) is 105 Å². The van der Waals surface area contributed by atoms with Crippen LogP contribution in [-0.4, -0.2) is 35.3 Å². The Hall–Kier alpha value is -3.09. The normalized spacial score (nSPS) is 16.2. The van der Waals surface area contributed by atoms with Crippen LogP contribution in [-0.2, 0) is 0 Å². The van der Waals surface area contributed by atoms with E-state index in [9.17, 15) is 20.1 Å². The van der Waals surface area contributed by atoms with Gasteiger partial charge in [0.1, 0.15) is 34.7 Å². The van der Waals surface area contributed by atoms with E-state index in [1.54, 1.807) is 0 Å². The van der Waals surface area contributed by atoms with Crippen molar-refractivity contribution in [3.05, 3.63) is 35.4 Å². The SMILES string of the molecule is COc1cc(O)c(C2CC(=O)c3c(O)cc(O)cc3O2)cc1OC. The van der Waals surface area contributed by atoms with Gasteiger partial charge in [0.15, 0.2) is 17.3 Å². The highest BCUT2D eigenvalue weighted by Crippen LogP contribution is 2.45. The quantitative estimate of drug-likeness (QED) is 0.793. The minimum Gasteiger partial charge on any atom is -0.508 e. The third-order valence-corrected chi connectivity index (χ3v) is 3.86. The van der Waals surface area contributed by atoms with Gasteiger partial charge in [-0.25, -0.2) is 0 Å². The molecule has 0 saturated heterocycles. The standard InChI is InChI=1S/C17H16O7/c1-22-14-5-9(10(19)6-15(14)23-2)13-7-12(21)17-11(20)3-8(18)4-16(17)24-13/h3-6,13,18-20H,7H2,1-2H3. The van der Waals surface area contributed by atoms with Crippen molar-refractivity contribution < 1.29 is 34.3 Å². The van der Waals surface area contributed by atoms with Crippen LogP contribution in [0, 0.1) is 0 Å². The van der Waals surface area contributed by atoms with E-state index in [2.05, 4.69) is 0 Å². The fraction of sp³-hybridized carbons (Fsp3) is 0.235. The number of hydrogen-bond acceptors (Lipinski definition) is 7. The molecule has 0 aliphatic carbocycles. The summed E-state index contributed by atoms with van der Waals surface area (Å²) in [4.78, 5) is 12.3. The zero-order valence-electron chi connectivity index (χ0n) is 13.1. The molecular formula is C17H16O7. The van der Waals surface area contributed by atoms with Gasteiger partial charge >= 0.3 is 0 Å². The van der Waals surface area contributed by atoms with Crippen LogP contribution in [0.25, 0.3) is 0 Å². The predicted octanol–water partition coefficient (Wildman–Crippen LogP) is 2.53. The molecule has 7 nitrogen and oxygen atoms in total. The molecule has 0 amide bonds. The minimum atomic E-state index is -0.786. The predicted molar refractivity (Wildman–Crippen MR) is 83.3 cm³/mol. The highest BCUT2D eigenvalue weighted by atomic mass is 16.5. The molecule has 0 saturated carbocycles. The number of rotatable bonds is 3. The van der Waals surface area contributed by atoms with Gasteiger partial charge in [-0.1, -0.05) is 0 Å². The fourth-order valence-electron chi connectivity index (χ4n) is 2.74. The Balaban J connectivity index is 2.05. The van der Waals surface area contributed by atoms with Crippen molar-refractivity contribution in [2.75, 3.05) is 14.2 Å². The molecule has 3 rings (SSSR count). The smallest absolute Gasteiger partial charge is 0.174 e. The van der Waals surface area contributed by atoms with Gasteiger partial charge < -0.3 is 29.5 Å². The fourth-order valence-corrected chi connectivity index (χ4v) is 2.74. The number of Topliss-reactive ketones (excluding diaryl/α,β-unsaturated/α-hetero) is 1.